The molecule has 144 valence electrons. The molecule has 0 amide bonds. The number of ether oxygens (including phenoxy) is 1. The van der Waals surface area contributed by atoms with Crippen LogP contribution in [-0.2, 0) is 4.74 Å². The summed E-state index contributed by atoms with van der Waals surface area (Å²) in [6, 6.07) is 11.3. The Balaban J connectivity index is 1.85. The van der Waals surface area contributed by atoms with Crippen molar-refractivity contribution in [1.82, 2.24) is 15.2 Å². The first-order valence-electron chi connectivity index (χ1n) is 9.05. The summed E-state index contributed by atoms with van der Waals surface area (Å²) in [5, 5.41) is 14.4. The molecule has 0 saturated carbocycles. The molecular formula is C21H23N5O2. The van der Waals surface area contributed by atoms with Gasteiger partial charge in [-0.2, -0.15) is 10.1 Å². The van der Waals surface area contributed by atoms with Crippen molar-refractivity contribution < 1.29 is 9.53 Å². The lowest BCUT2D eigenvalue weighted by molar-refractivity contribution is 0.0527. The quantitative estimate of drug-likeness (QED) is 0.613. The first-order chi connectivity index (χ1) is 13.5. The van der Waals surface area contributed by atoms with E-state index in [-0.39, 0.29) is 0 Å². The van der Waals surface area contributed by atoms with Crippen LogP contribution in [0, 0.1) is 20.8 Å². The van der Waals surface area contributed by atoms with Crippen molar-refractivity contribution in [3.05, 3.63) is 64.8 Å². The number of carbonyl (C=O) groups excluding carboxylic acids is 1. The molecule has 0 spiro atoms. The number of esters is 1. The lowest BCUT2D eigenvalue weighted by atomic mass is 10.1. The molecule has 0 bridgehead atoms. The van der Waals surface area contributed by atoms with E-state index in [1.54, 1.807) is 25.1 Å². The summed E-state index contributed by atoms with van der Waals surface area (Å²) < 4.78 is 5.11. The number of nitrogens with zero attached hydrogens (tertiary/aromatic N) is 3. The number of rotatable bonds is 6. The molecule has 7 nitrogen and oxygen atoms in total. The van der Waals surface area contributed by atoms with Gasteiger partial charge in [0.25, 0.3) is 0 Å². The van der Waals surface area contributed by atoms with E-state index in [9.17, 15) is 4.79 Å². The lowest BCUT2D eigenvalue weighted by Gasteiger charge is -2.14. The number of nitrogens with one attached hydrogen (secondary N) is 2. The number of carbonyl (C=O) groups is 1. The molecule has 0 radical (unpaired) electrons. The van der Waals surface area contributed by atoms with Gasteiger partial charge in [-0.3, -0.25) is 0 Å². The Hall–Kier alpha value is -3.48. The van der Waals surface area contributed by atoms with Gasteiger partial charge in [0, 0.05) is 5.69 Å². The van der Waals surface area contributed by atoms with E-state index in [1.165, 1.54) is 11.8 Å². The molecule has 0 aliphatic rings. The number of anilines is 4. The van der Waals surface area contributed by atoms with Gasteiger partial charge in [-0.1, -0.05) is 29.8 Å². The molecule has 0 unspecified atom stereocenters. The highest BCUT2D eigenvalue weighted by Crippen LogP contribution is 2.25. The van der Waals surface area contributed by atoms with Gasteiger partial charge in [-0.25, -0.2) is 4.79 Å². The van der Waals surface area contributed by atoms with Crippen molar-refractivity contribution in [2.75, 3.05) is 17.2 Å². The second kappa shape index (κ2) is 8.47. The van der Waals surface area contributed by atoms with Crippen molar-refractivity contribution in [3.63, 3.8) is 0 Å². The second-order valence-electron chi connectivity index (χ2n) is 6.45. The monoisotopic (exact) mass is 377 g/mol. The van der Waals surface area contributed by atoms with Crippen molar-refractivity contribution in [2.45, 2.75) is 27.7 Å². The third-order valence-corrected chi connectivity index (χ3v) is 4.16. The van der Waals surface area contributed by atoms with Gasteiger partial charge in [-0.15, -0.1) is 5.10 Å². The van der Waals surface area contributed by atoms with Crippen LogP contribution < -0.4 is 10.6 Å². The molecule has 2 N–H and O–H groups in total. The average Bonchev–Trinajstić information content (AvgIpc) is 2.65. The molecule has 28 heavy (non-hydrogen) atoms. The maximum absolute atomic E-state index is 12.1. The summed E-state index contributed by atoms with van der Waals surface area (Å²) in [7, 11) is 0. The maximum Gasteiger partial charge on any atom is 0.340 e. The predicted octanol–water partition coefficient (Wildman–Crippen LogP) is 4.46. The Morgan fingerprint density at radius 2 is 1.79 bits per heavy atom. The second-order valence-corrected chi connectivity index (χ2v) is 6.45. The highest BCUT2D eigenvalue weighted by Gasteiger charge is 2.13. The fraction of sp³-hybridized carbons (Fsp3) is 0.238. The molecular weight excluding hydrogens is 354 g/mol. The molecule has 0 aliphatic heterocycles. The van der Waals surface area contributed by atoms with Crippen LogP contribution in [0.1, 0.15) is 34.0 Å². The number of benzene rings is 2. The first kappa shape index (κ1) is 19.3. The summed E-state index contributed by atoms with van der Waals surface area (Å²) in [4.78, 5) is 16.6. The SMILES string of the molecule is CCOC(=O)c1ccccc1Nc1cnnc(Nc2c(C)cc(C)cc2C)n1. The van der Waals surface area contributed by atoms with Crippen molar-refractivity contribution in [1.29, 1.82) is 0 Å². The van der Waals surface area contributed by atoms with E-state index in [4.69, 9.17) is 4.74 Å². The average molecular weight is 377 g/mol. The van der Waals surface area contributed by atoms with E-state index in [1.807, 2.05) is 19.9 Å². The Labute approximate surface area is 164 Å². The van der Waals surface area contributed by atoms with Gasteiger partial charge in [0.2, 0.25) is 5.95 Å². The van der Waals surface area contributed by atoms with Crippen LogP contribution in [0.5, 0.6) is 0 Å². The topological polar surface area (TPSA) is 89.0 Å². The largest absolute Gasteiger partial charge is 0.462 e. The lowest BCUT2D eigenvalue weighted by Crippen LogP contribution is -2.09. The molecule has 0 fully saturated rings. The molecule has 1 aromatic heterocycles. The van der Waals surface area contributed by atoms with Gasteiger partial charge in [0.15, 0.2) is 5.82 Å². The fourth-order valence-electron chi connectivity index (χ4n) is 3.02. The highest BCUT2D eigenvalue weighted by molar-refractivity contribution is 5.96. The molecule has 7 heteroatoms. The number of para-hydroxylation sites is 1. The standard InChI is InChI=1S/C21H23N5O2/c1-5-28-20(27)16-8-6-7-9-17(16)23-18-12-22-26-21(24-18)25-19-14(3)10-13(2)11-15(19)4/h6-12H,5H2,1-4H3,(H2,23,24,25,26). The van der Waals surface area contributed by atoms with E-state index in [0.29, 0.717) is 29.6 Å². The molecule has 0 aliphatic carbocycles. The number of hydrogen-bond donors (Lipinski definition) is 2. The van der Waals surface area contributed by atoms with Gasteiger partial charge >= 0.3 is 5.97 Å². The van der Waals surface area contributed by atoms with Crippen molar-refractivity contribution >= 4 is 29.1 Å². The molecule has 0 saturated heterocycles. The highest BCUT2D eigenvalue weighted by atomic mass is 16.5. The third-order valence-electron chi connectivity index (χ3n) is 4.16. The minimum Gasteiger partial charge on any atom is -0.462 e. The molecule has 1 heterocycles. The van der Waals surface area contributed by atoms with E-state index >= 15 is 0 Å². The normalized spacial score (nSPS) is 10.4. The van der Waals surface area contributed by atoms with E-state index < -0.39 is 5.97 Å². The summed E-state index contributed by atoms with van der Waals surface area (Å²) in [6.45, 7) is 8.22. The summed E-state index contributed by atoms with van der Waals surface area (Å²) >= 11 is 0. The zero-order valence-corrected chi connectivity index (χ0v) is 16.4. The molecule has 0 atom stereocenters. The number of hydrogen-bond acceptors (Lipinski definition) is 7. The predicted molar refractivity (Wildman–Crippen MR) is 109 cm³/mol. The Morgan fingerprint density at radius 1 is 1.07 bits per heavy atom. The Kier molecular flexibility index (Phi) is 5.84. The fourth-order valence-corrected chi connectivity index (χ4v) is 3.02. The minimum atomic E-state index is -0.392. The summed E-state index contributed by atoms with van der Waals surface area (Å²) in [6.07, 6.45) is 1.50. The van der Waals surface area contributed by atoms with Crippen LogP contribution in [0.25, 0.3) is 0 Å². The molecule has 3 rings (SSSR count). The van der Waals surface area contributed by atoms with E-state index in [2.05, 4.69) is 44.9 Å². The maximum atomic E-state index is 12.1. The van der Waals surface area contributed by atoms with Crippen molar-refractivity contribution in [2.24, 2.45) is 0 Å². The van der Waals surface area contributed by atoms with Gasteiger partial charge in [-0.05, 0) is 51.0 Å². The number of aryl methyl sites for hydroxylation is 3. The summed E-state index contributed by atoms with van der Waals surface area (Å²) in [5.41, 5.74) is 5.39. The minimum absolute atomic E-state index is 0.311. The Bertz CT molecular complexity index is 981. The smallest absolute Gasteiger partial charge is 0.340 e. The zero-order valence-electron chi connectivity index (χ0n) is 16.4. The first-order valence-corrected chi connectivity index (χ1v) is 9.05. The van der Waals surface area contributed by atoms with Crippen LogP contribution >= 0.6 is 0 Å². The van der Waals surface area contributed by atoms with Crippen LogP contribution in [0.2, 0.25) is 0 Å². The zero-order chi connectivity index (χ0) is 20.1. The van der Waals surface area contributed by atoms with Gasteiger partial charge in [0.05, 0.1) is 24.1 Å². The van der Waals surface area contributed by atoms with Gasteiger partial charge < -0.3 is 15.4 Å². The molecule has 3 aromatic rings. The Morgan fingerprint density at radius 3 is 2.50 bits per heavy atom. The number of aromatic nitrogens is 3. The molecule has 2 aromatic carbocycles. The van der Waals surface area contributed by atoms with Crippen LogP contribution in [0.4, 0.5) is 23.1 Å². The van der Waals surface area contributed by atoms with Crippen LogP contribution in [-0.4, -0.2) is 27.8 Å². The van der Waals surface area contributed by atoms with Crippen LogP contribution in [0.3, 0.4) is 0 Å². The summed E-state index contributed by atoms with van der Waals surface area (Å²) in [5.74, 6) is 0.446. The van der Waals surface area contributed by atoms with Crippen molar-refractivity contribution in [3.8, 4) is 0 Å². The van der Waals surface area contributed by atoms with Gasteiger partial charge in [0.1, 0.15) is 0 Å². The van der Waals surface area contributed by atoms with E-state index in [0.717, 1.165) is 16.8 Å². The van der Waals surface area contributed by atoms with Crippen LogP contribution in [0.15, 0.2) is 42.6 Å². The third kappa shape index (κ3) is 4.43.